The molecular weight excluding hydrogens is 378 g/mol. The van der Waals surface area contributed by atoms with E-state index >= 15 is 0 Å². The topological polar surface area (TPSA) is 88.2 Å². The van der Waals surface area contributed by atoms with Gasteiger partial charge in [-0.05, 0) is 24.4 Å². The molecule has 0 aliphatic heterocycles. The van der Waals surface area contributed by atoms with E-state index in [-0.39, 0.29) is 11.3 Å². The van der Waals surface area contributed by atoms with E-state index in [9.17, 15) is 4.79 Å². The highest BCUT2D eigenvalue weighted by Crippen LogP contribution is 2.10. The van der Waals surface area contributed by atoms with Gasteiger partial charge in [-0.1, -0.05) is 64.7 Å². The highest BCUT2D eigenvalue weighted by molar-refractivity contribution is 6.28. The smallest absolute Gasteiger partial charge is 0.333 e. The number of urea groups is 1. The van der Waals surface area contributed by atoms with Gasteiger partial charge in [-0.15, -0.1) is 0 Å². The van der Waals surface area contributed by atoms with Gasteiger partial charge in [-0.25, -0.2) is 9.78 Å². The van der Waals surface area contributed by atoms with E-state index in [0.29, 0.717) is 19.0 Å². The quantitative estimate of drug-likeness (QED) is 0.188. The van der Waals surface area contributed by atoms with Crippen molar-refractivity contribution >= 4 is 23.4 Å². The first-order valence-corrected chi connectivity index (χ1v) is 11.0. The lowest BCUT2D eigenvalue weighted by atomic mass is 10.1. The van der Waals surface area contributed by atoms with Crippen LogP contribution in [-0.4, -0.2) is 35.8 Å². The zero-order chi connectivity index (χ0) is 20.3. The number of ether oxygens (including phenoxy) is 1. The van der Waals surface area contributed by atoms with Gasteiger partial charge in [-0.3, -0.25) is 10.9 Å². The molecular formula is C20H36ClN5O2. The van der Waals surface area contributed by atoms with E-state index in [1.807, 2.05) is 0 Å². The Kier molecular flexibility index (Phi) is 15.3. The molecule has 0 saturated heterocycles. The normalized spacial score (nSPS) is 10.6. The second kappa shape index (κ2) is 17.5. The third-order valence-corrected chi connectivity index (χ3v) is 4.51. The number of nitrogens with zero attached hydrogens (tertiary/aromatic N) is 2. The van der Waals surface area contributed by atoms with Gasteiger partial charge in [0.05, 0.1) is 0 Å². The summed E-state index contributed by atoms with van der Waals surface area (Å²) in [4.78, 5) is 19.3. The Bertz CT molecular complexity index is 519. The maximum absolute atomic E-state index is 11.6. The fraction of sp³-hybridized carbons (Fsp3) is 0.750. The van der Waals surface area contributed by atoms with Gasteiger partial charge >= 0.3 is 6.03 Å². The van der Waals surface area contributed by atoms with Crippen LogP contribution in [0.3, 0.4) is 0 Å². The Morgan fingerprint density at radius 3 is 2.32 bits per heavy atom. The van der Waals surface area contributed by atoms with Gasteiger partial charge in [0, 0.05) is 32.0 Å². The number of unbranched alkanes of at least 4 members (excludes halogenated alkanes) is 9. The molecule has 3 N–H and O–H groups in total. The molecule has 0 aromatic carbocycles. The number of carbonyl (C=O) groups excluding carboxylic acids is 1. The van der Waals surface area contributed by atoms with Gasteiger partial charge in [0.15, 0.2) is 0 Å². The van der Waals surface area contributed by atoms with E-state index in [4.69, 9.17) is 16.3 Å². The van der Waals surface area contributed by atoms with Crippen LogP contribution in [0.4, 0.5) is 10.6 Å². The summed E-state index contributed by atoms with van der Waals surface area (Å²) in [6, 6.07) is 1.28. The molecule has 160 valence electrons. The number of hydrogen-bond acceptors (Lipinski definition) is 5. The van der Waals surface area contributed by atoms with Crippen molar-refractivity contribution in [3.05, 3.63) is 17.5 Å². The van der Waals surface area contributed by atoms with Crippen molar-refractivity contribution in [2.45, 2.75) is 77.6 Å². The van der Waals surface area contributed by atoms with Crippen LogP contribution >= 0.6 is 11.6 Å². The molecule has 0 atom stereocenters. The summed E-state index contributed by atoms with van der Waals surface area (Å²) in [5.41, 5.74) is 5.14. The van der Waals surface area contributed by atoms with E-state index < -0.39 is 0 Å². The summed E-state index contributed by atoms with van der Waals surface area (Å²) < 4.78 is 5.61. The highest BCUT2D eigenvalue weighted by Gasteiger charge is 2.00. The molecule has 2 amide bonds. The molecule has 28 heavy (non-hydrogen) atoms. The Labute approximate surface area is 174 Å². The molecule has 1 rings (SSSR count). The second-order valence-electron chi connectivity index (χ2n) is 6.86. The number of hydrazine groups is 1. The summed E-state index contributed by atoms with van der Waals surface area (Å²) in [5.74, 6) is 0.426. The zero-order valence-electron chi connectivity index (χ0n) is 17.1. The van der Waals surface area contributed by atoms with Crippen molar-refractivity contribution in [1.29, 1.82) is 0 Å². The number of amides is 2. The Hall–Kier alpha value is -1.60. The maximum atomic E-state index is 11.6. The molecule has 1 heterocycles. The molecule has 0 aliphatic rings. The monoisotopic (exact) mass is 413 g/mol. The molecule has 0 spiro atoms. The van der Waals surface area contributed by atoms with Crippen molar-refractivity contribution < 1.29 is 9.53 Å². The SMILES string of the molecule is CCCCCCCCCCCCOCCCNC(=O)NNc1ccnc(Cl)n1. The molecule has 0 aliphatic carbocycles. The van der Waals surface area contributed by atoms with E-state index in [1.54, 1.807) is 6.07 Å². The minimum atomic E-state index is -0.329. The molecule has 8 heteroatoms. The number of nitrogens with one attached hydrogen (secondary N) is 3. The van der Waals surface area contributed by atoms with Crippen molar-refractivity contribution in [3.8, 4) is 0 Å². The molecule has 0 radical (unpaired) electrons. The molecule has 7 nitrogen and oxygen atoms in total. The van der Waals surface area contributed by atoms with E-state index in [1.165, 1.54) is 64.0 Å². The van der Waals surface area contributed by atoms with Gasteiger partial charge < -0.3 is 10.1 Å². The lowest BCUT2D eigenvalue weighted by Gasteiger charge is -2.09. The van der Waals surface area contributed by atoms with Crippen LogP contribution in [0.2, 0.25) is 5.28 Å². The van der Waals surface area contributed by atoms with Crippen LogP contribution in [0.1, 0.15) is 77.6 Å². The van der Waals surface area contributed by atoms with Crippen LogP contribution in [0.5, 0.6) is 0 Å². The third-order valence-electron chi connectivity index (χ3n) is 4.32. The summed E-state index contributed by atoms with van der Waals surface area (Å²) in [6.07, 6.45) is 15.6. The molecule has 0 fully saturated rings. The minimum Gasteiger partial charge on any atom is -0.381 e. The number of halogens is 1. The fourth-order valence-electron chi connectivity index (χ4n) is 2.74. The first-order valence-electron chi connectivity index (χ1n) is 10.6. The molecule has 1 aromatic heterocycles. The van der Waals surface area contributed by atoms with E-state index in [2.05, 4.69) is 33.1 Å². The van der Waals surface area contributed by atoms with Gasteiger partial charge in [0.1, 0.15) is 5.82 Å². The Morgan fingerprint density at radius 2 is 1.64 bits per heavy atom. The lowest BCUT2D eigenvalue weighted by molar-refractivity contribution is 0.127. The number of aromatic nitrogens is 2. The molecule has 0 unspecified atom stereocenters. The summed E-state index contributed by atoms with van der Waals surface area (Å²) >= 11 is 5.66. The Morgan fingerprint density at radius 1 is 1.00 bits per heavy atom. The van der Waals surface area contributed by atoms with Crippen molar-refractivity contribution in [2.75, 3.05) is 25.2 Å². The predicted octanol–water partition coefficient (Wildman–Crippen LogP) is 5.08. The second-order valence-corrected chi connectivity index (χ2v) is 7.20. The first kappa shape index (κ1) is 24.4. The third kappa shape index (κ3) is 14.5. The number of anilines is 1. The zero-order valence-corrected chi connectivity index (χ0v) is 17.9. The minimum absolute atomic E-state index is 0.117. The highest BCUT2D eigenvalue weighted by atomic mass is 35.5. The summed E-state index contributed by atoms with van der Waals surface area (Å²) in [5, 5.41) is 2.86. The van der Waals surface area contributed by atoms with Crippen LogP contribution in [0.15, 0.2) is 12.3 Å². The Balaban J connectivity index is 1.80. The fourth-order valence-corrected chi connectivity index (χ4v) is 2.89. The molecule has 0 saturated carbocycles. The van der Waals surface area contributed by atoms with Crippen LogP contribution in [0, 0.1) is 0 Å². The summed E-state index contributed by atoms with van der Waals surface area (Å²) in [7, 11) is 0. The molecule has 1 aromatic rings. The standard InChI is InChI=1S/C20H36ClN5O2/c1-2-3-4-5-6-7-8-9-10-11-16-28-17-12-14-23-20(27)26-25-18-13-15-22-19(21)24-18/h13,15H,2-12,14,16-17H2,1H3,(H,22,24,25)(H2,23,26,27). The predicted molar refractivity (Wildman–Crippen MR) is 114 cm³/mol. The summed E-state index contributed by atoms with van der Waals surface area (Å²) in [6.45, 7) is 4.27. The lowest BCUT2D eigenvalue weighted by Crippen LogP contribution is -2.39. The largest absolute Gasteiger partial charge is 0.381 e. The number of rotatable bonds is 17. The van der Waals surface area contributed by atoms with Crippen LogP contribution in [0.25, 0.3) is 0 Å². The van der Waals surface area contributed by atoms with Crippen molar-refractivity contribution in [1.82, 2.24) is 20.7 Å². The van der Waals surface area contributed by atoms with Crippen molar-refractivity contribution in [3.63, 3.8) is 0 Å². The number of hydrogen-bond donors (Lipinski definition) is 3. The average Bonchev–Trinajstić information content (AvgIpc) is 2.69. The van der Waals surface area contributed by atoms with Crippen molar-refractivity contribution in [2.24, 2.45) is 0 Å². The van der Waals surface area contributed by atoms with Crippen LogP contribution < -0.4 is 16.2 Å². The van der Waals surface area contributed by atoms with Gasteiger partial charge in [-0.2, -0.15) is 4.98 Å². The molecule has 0 bridgehead atoms. The first-order chi connectivity index (χ1) is 13.7. The average molecular weight is 414 g/mol. The number of carbonyl (C=O) groups is 1. The van der Waals surface area contributed by atoms with Gasteiger partial charge in [0.2, 0.25) is 5.28 Å². The maximum Gasteiger partial charge on any atom is 0.333 e. The van der Waals surface area contributed by atoms with E-state index in [0.717, 1.165) is 19.4 Å². The van der Waals surface area contributed by atoms with Gasteiger partial charge in [0.25, 0.3) is 0 Å². The van der Waals surface area contributed by atoms with Crippen LogP contribution in [-0.2, 0) is 4.74 Å².